The van der Waals surface area contributed by atoms with Crippen molar-refractivity contribution in [2.24, 2.45) is 0 Å². The van der Waals surface area contributed by atoms with Gasteiger partial charge in [-0.15, -0.1) is 0 Å². The van der Waals surface area contributed by atoms with Crippen LogP contribution in [0.2, 0.25) is 0 Å². The molecule has 0 spiro atoms. The molecule has 1 aliphatic heterocycles. The molecule has 0 saturated carbocycles. The highest BCUT2D eigenvalue weighted by molar-refractivity contribution is 7.22. The number of hydrogen-bond donors (Lipinski definition) is 1. The zero-order valence-corrected chi connectivity index (χ0v) is 28.8. The number of carbonyl (C=O) groups is 2. The summed E-state index contributed by atoms with van der Waals surface area (Å²) in [5.74, 6) is -0.353. The number of nitrogens with one attached hydrogen (secondary N) is 1. The molecule has 0 atom stereocenters. The van der Waals surface area contributed by atoms with Crippen LogP contribution in [-0.2, 0) is 30.4 Å². The number of rotatable bonds is 7. The van der Waals surface area contributed by atoms with Crippen LogP contribution in [0.5, 0.6) is 0 Å². The Balaban J connectivity index is 1.16. The van der Waals surface area contributed by atoms with Gasteiger partial charge in [0.25, 0.3) is 5.91 Å². The van der Waals surface area contributed by atoms with Crippen LogP contribution < -0.4 is 10.2 Å². The van der Waals surface area contributed by atoms with Crippen LogP contribution in [-0.4, -0.2) is 43.8 Å². The standard InChI is InChI=1S/C38H33F3N6O3S/c1-37(2,3)50-35(49)33-27(25-19-42-47(21-25)20-23-8-6-10-26(18-23)38(39,40)41)14-15-32(44-33)46-17-16-24-9-7-11-28(29(24)22-46)34(48)45-36-43-30-12-4-5-13-31(30)51-36/h4-15,18-19,21H,16-17,20,22H2,1-3H3,(H,43,45,48). The number of thiazole rings is 1. The molecule has 1 aliphatic rings. The van der Waals surface area contributed by atoms with Crippen molar-refractivity contribution in [2.75, 3.05) is 16.8 Å². The first-order valence-electron chi connectivity index (χ1n) is 16.3. The van der Waals surface area contributed by atoms with Gasteiger partial charge in [0.05, 0.1) is 28.5 Å². The molecule has 3 aromatic carbocycles. The van der Waals surface area contributed by atoms with Crippen molar-refractivity contribution in [1.82, 2.24) is 19.7 Å². The van der Waals surface area contributed by atoms with E-state index in [1.165, 1.54) is 22.1 Å². The number of halogens is 3. The lowest BCUT2D eigenvalue weighted by molar-refractivity contribution is -0.137. The monoisotopic (exact) mass is 710 g/mol. The third-order valence-electron chi connectivity index (χ3n) is 8.37. The normalized spacial score (nSPS) is 13.3. The van der Waals surface area contributed by atoms with E-state index in [0.717, 1.165) is 33.5 Å². The molecule has 9 nitrogen and oxygen atoms in total. The summed E-state index contributed by atoms with van der Waals surface area (Å²) >= 11 is 1.41. The Morgan fingerprint density at radius 1 is 0.961 bits per heavy atom. The first-order chi connectivity index (χ1) is 24.3. The first kappa shape index (κ1) is 33.9. The van der Waals surface area contributed by atoms with Crippen molar-refractivity contribution in [1.29, 1.82) is 0 Å². The largest absolute Gasteiger partial charge is 0.455 e. The molecular weight excluding hydrogens is 678 g/mol. The molecule has 3 aromatic heterocycles. The topological polar surface area (TPSA) is 102 Å². The third kappa shape index (κ3) is 7.48. The lowest BCUT2D eigenvalue weighted by Crippen LogP contribution is -2.33. The number of hydrogen-bond acceptors (Lipinski definition) is 8. The van der Waals surface area contributed by atoms with E-state index < -0.39 is 23.3 Å². The molecule has 0 saturated heterocycles. The minimum atomic E-state index is -4.46. The van der Waals surface area contributed by atoms with Crippen molar-refractivity contribution in [3.63, 3.8) is 0 Å². The van der Waals surface area contributed by atoms with Gasteiger partial charge >= 0.3 is 12.1 Å². The van der Waals surface area contributed by atoms with Gasteiger partial charge in [-0.25, -0.2) is 14.8 Å². The molecule has 1 amide bonds. The number of ether oxygens (including phenoxy) is 1. The van der Waals surface area contributed by atoms with Crippen LogP contribution in [0, 0.1) is 0 Å². The summed E-state index contributed by atoms with van der Waals surface area (Å²) in [4.78, 5) is 38.5. The van der Waals surface area contributed by atoms with Gasteiger partial charge in [-0.05, 0) is 86.3 Å². The van der Waals surface area contributed by atoms with Gasteiger partial charge in [0.15, 0.2) is 10.8 Å². The maximum atomic E-state index is 13.6. The molecule has 0 radical (unpaired) electrons. The van der Waals surface area contributed by atoms with E-state index in [1.807, 2.05) is 47.4 Å². The van der Waals surface area contributed by atoms with Gasteiger partial charge in [-0.3, -0.25) is 14.8 Å². The van der Waals surface area contributed by atoms with E-state index in [1.54, 1.807) is 51.4 Å². The number of nitrogens with zero attached hydrogens (tertiary/aromatic N) is 5. The fourth-order valence-corrected chi connectivity index (χ4v) is 6.90. The smallest absolute Gasteiger partial charge is 0.416 e. The number of aromatic nitrogens is 4. The summed E-state index contributed by atoms with van der Waals surface area (Å²) in [7, 11) is 0. The molecule has 0 unspecified atom stereocenters. The molecule has 260 valence electrons. The van der Waals surface area contributed by atoms with Crippen molar-refractivity contribution < 1.29 is 27.5 Å². The number of alkyl halides is 3. The molecule has 1 N–H and O–H groups in total. The number of fused-ring (bicyclic) bond motifs is 2. The third-order valence-corrected chi connectivity index (χ3v) is 9.32. The van der Waals surface area contributed by atoms with Crippen molar-refractivity contribution in [3.05, 3.63) is 125 Å². The summed E-state index contributed by atoms with van der Waals surface area (Å²) in [6.07, 6.45) is -0.586. The number of carbonyl (C=O) groups excluding carboxylic acids is 2. The fraction of sp³-hybridized carbons (Fsp3) is 0.237. The van der Waals surface area contributed by atoms with Gasteiger partial charge in [0.2, 0.25) is 0 Å². The average Bonchev–Trinajstić information content (AvgIpc) is 3.73. The second-order valence-corrected chi connectivity index (χ2v) is 14.3. The van der Waals surface area contributed by atoms with E-state index in [4.69, 9.17) is 9.72 Å². The number of para-hydroxylation sites is 1. The Hall–Kier alpha value is -5.56. The molecule has 0 aliphatic carbocycles. The first-order valence-corrected chi connectivity index (χ1v) is 17.1. The molecule has 7 rings (SSSR count). The Bertz CT molecular complexity index is 2240. The highest BCUT2D eigenvalue weighted by atomic mass is 32.1. The minimum absolute atomic E-state index is 0.0775. The van der Waals surface area contributed by atoms with Crippen molar-refractivity contribution in [3.8, 4) is 11.1 Å². The number of amides is 1. The minimum Gasteiger partial charge on any atom is -0.455 e. The van der Waals surface area contributed by atoms with E-state index in [0.29, 0.717) is 52.7 Å². The van der Waals surface area contributed by atoms with Crippen LogP contribution in [0.1, 0.15) is 63.9 Å². The Morgan fingerprint density at radius 3 is 2.55 bits per heavy atom. The molecule has 51 heavy (non-hydrogen) atoms. The Morgan fingerprint density at radius 2 is 1.76 bits per heavy atom. The molecule has 0 bridgehead atoms. The maximum Gasteiger partial charge on any atom is 0.416 e. The molecule has 13 heteroatoms. The lowest BCUT2D eigenvalue weighted by Gasteiger charge is -2.31. The predicted octanol–water partition coefficient (Wildman–Crippen LogP) is 8.39. The van der Waals surface area contributed by atoms with Crippen LogP contribution in [0.15, 0.2) is 91.3 Å². The van der Waals surface area contributed by atoms with Gasteiger partial charge in [-0.1, -0.05) is 47.7 Å². The van der Waals surface area contributed by atoms with Crippen LogP contribution >= 0.6 is 11.3 Å². The highest BCUT2D eigenvalue weighted by Crippen LogP contribution is 2.33. The summed E-state index contributed by atoms with van der Waals surface area (Å²) in [6, 6.07) is 22.1. The van der Waals surface area contributed by atoms with Gasteiger partial charge in [0.1, 0.15) is 11.4 Å². The number of esters is 1. The van der Waals surface area contributed by atoms with E-state index in [9.17, 15) is 22.8 Å². The zero-order chi connectivity index (χ0) is 35.9. The van der Waals surface area contributed by atoms with E-state index >= 15 is 0 Å². The average molecular weight is 711 g/mol. The SMILES string of the molecule is CC(C)(C)OC(=O)c1nc(N2CCc3cccc(C(=O)Nc4nc5ccccc5s4)c3C2)ccc1-c1cnn(Cc2cccc(C(F)(F)F)c2)c1. The quantitative estimate of drug-likeness (QED) is 0.166. The van der Waals surface area contributed by atoms with Crippen LogP contribution in [0.25, 0.3) is 21.3 Å². The summed E-state index contributed by atoms with van der Waals surface area (Å²) < 4.78 is 48.1. The molecule has 6 aromatic rings. The van der Waals surface area contributed by atoms with Crippen molar-refractivity contribution in [2.45, 2.75) is 52.1 Å². The van der Waals surface area contributed by atoms with Crippen LogP contribution in [0.4, 0.5) is 24.1 Å². The van der Waals surface area contributed by atoms with E-state index in [-0.39, 0.29) is 18.1 Å². The molecular formula is C38H33F3N6O3S. The molecule has 0 fully saturated rings. The summed E-state index contributed by atoms with van der Waals surface area (Å²) in [6.45, 7) is 6.38. The van der Waals surface area contributed by atoms with Crippen LogP contribution in [0.3, 0.4) is 0 Å². The maximum absolute atomic E-state index is 13.6. The van der Waals surface area contributed by atoms with E-state index in [2.05, 4.69) is 15.4 Å². The number of pyridine rings is 1. The van der Waals surface area contributed by atoms with Crippen molar-refractivity contribution >= 4 is 44.4 Å². The lowest BCUT2D eigenvalue weighted by atomic mass is 9.94. The van der Waals surface area contributed by atoms with Gasteiger partial charge in [0, 0.05) is 36.0 Å². The van der Waals surface area contributed by atoms with Gasteiger partial charge in [-0.2, -0.15) is 18.3 Å². The van der Waals surface area contributed by atoms with Gasteiger partial charge < -0.3 is 9.64 Å². The zero-order valence-electron chi connectivity index (χ0n) is 28.0. The Kier molecular flexibility index (Phi) is 8.84. The summed E-state index contributed by atoms with van der Waals surface area (Å²) in [5, 5.41) is 7.85. The fourth-order valence-electron chi connectivity index (χ4n) is 6.04. The number of benzene rings is 3. The highest BCUT2D eigenvalue weighted by Gasteiger charge is 2.31. The molecule has 4 heterocycles. The Labute approximate surface area is 295 Å². The predicted molar refractivity (Wildman–Crippen MR) is 190 cm³/mol. The second-order valence-electron chi connectivity index (χ2n) is 13.2. The number of anilines is 2. The second kappa shape index (κ2) is 13.3. The summed E-state index contributed by atoms with van der Waals surface area (Å²) in [5.41, 5.74) is 3.27.